The van der Waals surface area contributed by atoms with Gasteiger partial charge in [0.2, 0.25) is 0 Å². The van der Waals surface area contributed by atoms with Gasteiger partial charge in [-0.2, -0.15) is 0 Å². The first-order chi connectivity index (χ1) is 12.0. The Morgan fingerprint density at radius 2 is 2.08 bits per heavy atom. The number of carbonyl (C=O) groups excluding carboxylic acids is 1. The molecule has 1 atom stereocenters. The number of para-hydroxylation sites is 1. The molecule has 6 heteroatoms. The number of nitrogens with zero attached hydrogens (tertiary/aromatic N) is 2. The molecule has 25 heavy (non-hydrogen) atoms. The van der Waals surface area contributed by atoms with Crippen molar-refractivity contribution in [3.8, 4) is 0 Å². The van der Waals surface area contributed by atoms with Crippen LogP contribution in [0.15, 0.2) is 42.5 Å². The second-order valence-electron chi connectivity index (χ2n) is 6.12. The highest BCUT2D eigenvalue weighted by Gasteiger charge is 2.21. The molecule has 0 aliphatic heterocycles. The van der Waals surface area contributed by atoms with E-state index in [2.05, 4.69) is 9.97 Å². The van der Waals surface area contributed by atoms with Gasteiger partial charge in [0.25, 0.3) is 5.91 Å². The van der Waals surface area contributed by atoms with E-state index in [0.29, 0.717) is 23.6 Å². The molecule has 0 aliphatic carbocycles. The summed E-state index contributed by atoms with van der Waals surface area (Å²) in [5.41, 5.74) is 3.54. The summed E-state index contributed by atoms with van der Waals surface area (Å²) in [4.78, 5) is 21.8. The first-order valence-electron chi connectivity index (χ1n) is 8.08. The molecule has 0 fully saturated rings. The van der Waals surface area contributed by atoms with Crippen molar-refractivity contribution in [3.63, 3.8) is 0 Å². The highest BCUT2D eigenvalue weighted by molar-refractivity contribution is 6.30. The van der Waals surface area contributed by atoms with E-state index < -0.39 is 6.10 Å². The smallest absolute Gasteiger partial charge is 0.255 e. The van der Waals surface area contributed by atoms with Crippen molar-refractivity contribution in [1.82, 2.24) is 14.9 Å². The van der Waals surface area contributed by atoms with Gasteiger partial charge in [-0.1, -0.05) is 35.9 Å². The van der Waals surface area contributed by atoms with Gasteiger partial charge >= 0.3 is 0 Å². The van der Waals surface area contributed by atoms with Crippen molar-refractivity contribution in [2.45, 2.75) is 19.4 Å². The molecule has 1 amide bonds. The summed E-state index contributed by atoms with van der Waals surface area (Å²) in [7, 11) is 1.67. The Kier molecular flexibility index (Phi) is 5.06. The molecular weight excluding hydrogens is 338 g/mol. The number of H-pyrrole nitrogens is 1. The number of imidazole rings is 1. The van der Waals surface area contributed by atoms with Crippen molar-refractivity contribution in [2.24, 2.45) is 0 Å². The maximum Gasteiger partial charge on any atom is 0.255 e. The van der Waals surface area contributed by atoms with Crippen molar-refractivity contribution >= 4 is 28.5 Å². The average Bonchev–Trinajstić information content (AvgIpc) is 3.03. The Hall–Kier alpha value is -2.37. The number of aliphatic hydroxyl groups is 1. The molecule has 1 heterocycles. The number of aromatic amines is 1. The largest absolute Gasteiger partial charge is 0.378 e. The molecule has 130 valence electrons. The number of carbonyl (C=O) groups is 1. The standard InChI is InChI=1S/C19H20ClN3O2/c1-12-5-3-8-15-17(12)22-16(21-15)9-10-23(2)19(25)18(24)13-6-4-7-14(20)11-13/h3-8,11,18,24H,9-10H2,1-2H3,(H,21,22)/t18-/m0/s1. The number of aryl methyl sites for hydroxylation is 1. The molecule has 1 aromatic heterocycles. The third-order valence-corrected chi connectivity index (χ3v) is 4.46. The number of fused-ring (bicyclic) bond motifs is 1. The summed E-state index contributed by atoms with van der Waals surface area (Å²) in [5.74, 6) is 0.454. The summed E-state index contributed by atoms with van der Waals surface area (Å²) in [6.45, 7) is 2.47. The van der Waals surface area contributed by atoms with E-state index in [1.165, 1.54) is 4.90 Å². The summed E-state index contributed by atoms with van der Waals surface area (Å²) in [6.07, 6.45) is -0.639. The maximum absolute atomic E-state index is 12.4. The highest BCUT2D eigenvalue weighted by Crippen LogP contribution is 2.20. The van der Waals surface area contributed by atoms with E-state index in [9.17, 15) is 9.90 Å². The number of halogens is 1. The van der Waals surface area contributed by atoms with Crippen LogP contribution in [0, 0.1) is 6.92 Å². The molecule has 0 bridgehead atoms. The third kappa shape index (κ3) is 3.83. The number of aromatic nitrogens is 2. The summed E-state index contributed by atoms with van der Waals surface area (Å²) in [5, 5.41) is 10.7. The number of nitrogens with one attached hydrogen (secondary N) is 1. The van der Waals surface area contributed by atoms with E-state index in [0.717, 1.165) is 22.4 Å². The van der Waals surface area contributed by atoms with Gasteiger partial charge in [-0.05, 0) is 36.2 Å². The Bertz CT molecular complexity index is 907. The van der Waals surface area contributed by atoms with Crippen molar-refractivity contribution in [2.75, 3.05) is 13.6 Å². The van der Waals surface area contributed by atoms with Gasteiger partial charge in [-0.15, -0.1) is 0 Å². The van der Waals surface area contributed by atoms with Gasteiger partial charge in [0.15, 0.2) is 6.10 Å². The number of amides is 1. The Morgan fingerprint density at radius 1 is 1.32 bits per heavy atom. The molecule has 0 radical (unpaired) electrons. The van der Waals surface area contributed by atoms with Crippen LogP contribution in [0.1, 0.15) is 23.1 Å². The molecule has 0 spiro atoms. The lowest BCUT2D eigenvalue weighted by molar-refractivity contribution is -0.139. The van der Waals surface area contributed by atoms with E-state index in [1.54, 1.807) is 31.3 Å². The SMILES string of the molecule is Cc1cccc2[nH]c(CCN(C)C(=O)[C@@H](O)c3cccc(Cl)c3)nc12. The minimum absolute atomic E-state index is 0.366. The molecule has 0 aliphatic rings. The number of likely N-dealkylation sites (N-methyl/N-ethyl adjacent to an activating group) is 1. The molecular formula is C19H20ClN3O2. The van der Waals surface area contributed by atoms with Crippen LogP contribution in [0.25, 0.3) is 11.0 Å². The lowest BCUT2D eigenvalue weighted by Gasteiger charge is -2.20. The minimum atomic E-state index is -1.22. The third-order valence-electron chi connectivity index (χ3n) is 4.22. The topological polar surface area (TPSA) is 69.2 Å². The zero-order valence-corrected chi connectivity index (χ0v) is 14.9. The predicted octanol–water partition coefficient (Wildman–Crippen LogP) is 3.26. The fourth-order valence-electron chi connectivity index (χ4n) is 2.76. The molecule has 3 rings (SSSR count). The average molecular weight is 358 g/mol. The monoisotopic (exact) mass is 357 g/mol. The van der Waals surface area contributed by atoms with Gasteiger partial charge in [-0.25, -0.2) is 4.98 Å². The van der Waals surface area contributed by atoms with Gasteiger partial charge < -0.3 is 15.0 Å². The lowest BCUT2D eigenvalue weighted by Crippen LogP contribution is -2.33. The van der Waals surface area contributed by atoms with Gasteiger partial charge in [0, 0.05) is 25.0 Å². The minimum Gasteiger partial charge on any atom is -0.378 e. The lowest BCUT2D eigenvalue weighted by atomic mass is 10.1. The zero-order valence-electron chi connectivity index (χ0n) is 14.2. The second-order valence-corrected chi connectivity index (χ2v) is 6.56. The maximum atomic E-state index is 12.4. The molecule has 0 saturated carbocycles. The number of benzene rings is 2. The van der Waals surface area contributed by atoms with E-state index in [1.807, 2.05) is 25.1 Å². The Morgan fingerprint density at radius 3 is 2.80 bits per heavy atom. The number of hydrogen-bond acceptors (Lipinski definition) is 3. The molecule has 5 nitrogen and oxygen atoms in total. The van der Waals surface area contributed by atoms with Crippen LogP contribution < -0.4 is 0 Å². The van der Waals surface area contributed by atoms with Crippen LogP contribution in [0.5, 0.6) is 0 Å². The summed E-state index contributed by atoms with van der Waals surface area (Å²) < 4.78 is 0. The highest BCUT2D eigenvalue weighted by atomic mass is 35.5. The number of aliphatic hydroxyl groups excluding tert-OH is 1. The first-order valence-corrected chi connectivity index (χ1v) is 8.46. The molecule has 0 saturated heterocycles. The van der Waals surface area contributed by atoms with Crippen LogP contribution in [0.2, 0.25) is 5.02 Å². The van der Waals surface area contributed by atoms with Crippen LogP contribution >= 0.6 is 11.6 Å². The van der Waals surface area contributed by atoms with Crippen molar-refractivity contribution < 1.29 is 9.90 Å². The van der Waals surface area contributed by atoms with Crippen LogP contribution in [-0.2, 0) is 11.2 Å². The summed E-state index contributed by atoms with van der Waals surface area (Å²) in [6, 6.07) is 12.7. The van der Waals surface area contributed by atoms with Gasteiger partial charge in [0.1, 0.15) is 5.82 Å². The first kappa shape index (κ1) is 17.5. The molecule has 2 N–H and O–H groups in total. The fraction of sp³-hybridized carbons (Fsp3) is 0.263. The van der Waals surface area contributed by atoms with E-state index in [-0.39, 0.29) is 5.91 Å². The van der Waals surface area contributed by atoms with Crippen LogP contribution in [0.4, 0.5) is 0 Å². The van der Waals surface area contributed by atoms with Gasteiger partial charge in [0.05, 0.1) is 11.0 Å². The quantitative estimate of drug-likeness (QED) is 0.736. The summed E-state index contributed by atoms with van der Waals surface area (Å²) >= 11 is 5.92. The molecule has 2 aromatic carbocycles. The second kappa shape index (κ2) is 7.25. The predicted molar refractivity (Wildman–Crippen MR) is 98.6 cm³/mol. The van der Waals surface area contributed by atoms with E-state index >= 15 is 0 Å². The Balaban J connectivity index is 1.65. The fourth-order valence-corrected chi connectivity index (χ4v) is 2.96. The molecule has 3 aromatic rings. The van der Waals surface area contributed by atoms with Crippen LogP contribution in [-0.4, -0.2) is 39.5 Å². The van der Waals surface area contributed by atoms with Crippen LogP contribution in [0.3, 0.4) is 0 Å². The normalized spacial score (nSPS) is 12.3. The van der Waals surface area contributed by atoms with Crippen molar-refractivity contribution in [3.05, 3.63) is 64.4 Å². The number of hydrogen-bond donors (Lipinski definition) is 2. The zero-order chi connectivity index (χ0) is 18.0. The molecule has 0 unspecified atom stereocenters. The van der Waals surface area contributed by atoms with E-state index in [4.69, 9.17) is 11.6 Å². The number of rotatable bonds is 5. The van der Waals surface area contributed by atoms with Crippen molar-refractivity contribution in [1.29, 1.82) is 0 Å². The Labute approximate surface area is 151 Å². The van der Waals surface area contributed by atoms with Gasteiger partial charge in [-0.3, -0.25) is 4.79 Å².